The van der Waals surface area contributed by atoms with Crippen molar-refractivity contribution in [2.75, 3.05) is 18.6 Å². The molecular weight excluding hydrogens is 264 g/mol. The van der Waals surface area contributed by atoms with Crippen molar-refractivity contribution in [2.24, 2.45) is 0 Å². The van der Waals surface area contributed by atoms with E-state index in [1.807, 2.05) is 6.07 Å². The van der Waals surface area contributed by atoms with Gasteiger partial charge in [0.05, 0.1) is 18.2 Å². The molecule has 0 radical (unpaired) electrons. The Morgan fingerprint density at radius 1 is 1.29 bits per heavy atom. The zero-order valence-corrected chi connectivity index (χ0v) is 12.1. The Morgan fingerprint density at radius 2 is 2.14 bits per heavy atom. The van der Waals surface area contributed by atoms with Crippen molar-refractivity contribution in [1.82, 2.24) is 4.98 Å². The maximum absolute atomic E-state index is 11.9. The molecule has 1 saturated carbocycles. The van der Waals surface area contributed by atoms with Gasteiger partial charge in [0, 0.05) is 29.4 Å². The molecule has 0 amide bonds. The Labute approximate surface area is 123 Å². The number of carbonyl (C=O) groups is 1. The number of ether oxygens (including phenoxy) is 1. The topological polar surface area (TPSA) is 42.4 Å². The van der Waals surface area contributed by atoms with E-state index >= 15 is 0 Å². The minimum atomic E-state index is -0.304. The summed E-state index contributed by atoms with van der Waals surface area (Å²) in [5.41, 5.74) is 3.03. The molecule has 0 unspecified atom stereocenters. The first-order chi connectivity index (χ1) is 10.2. The Balaban J connectivity index is 1.80. The number of hydrogen-bond acceptors (Lipinski definition) is 4. The molecule has 2 aromatic rings. The molecule has 2 fully saturated rings. The first-order valence-electron chi connectivity index (χ1n) is 7.48. The molecule has 1 spiro atoms. The number of nitrogens with zero attached hydrogens (tertiary/aromatic N) is 2. The highest BCUT2D eigenvalue weighted by Gasteiger charge is 2.48. The number of esters is 1. The average Bonchev–Trinajstić information content (AvgIpc) is 2.43. The van der Waals surface area contributed by atoms with E-state index in [0.29, 0.717) is 11.1 Å². The number of pyridine rings is 1. The second kappa shape index (κ2) is 4.45. The first kappa shape index (κ1) is 12.6. The van der Waals surface area contributed by atoms with Crippen LogP contribution in [-0.2, 0) is 4.74 Å². The molecule has 0 N–H and O–H groups in total. The average molecular weight is 282 g/mol. The molecule has 21 heavy (non-hydrogen) atoms. The minimum absolute atomic E-state index is 0.304. The molecular formula is C17H18N2O2. The summed E-state index contributed by atoms with van der Waals surface area (Å²) in [6.07, 6.45) is 6.87. The Kier molecular flexibility index (Phi) is 2.67. The van der Waals surface area contributed by atoms with Crippen LogP contribution in [0.25, 0.3) is 10.9 Å². The standard InChI is InChI=1S/C17H18N2O2/c1-21-16(20)13-5-9-18-15-4-3-12(11-14(13)15)19-10-8-17(19)6-2-7-17/h3-5,9,11H,2,6-8,10H2,1H3. The van der Waals surface area contributed by atoms with Gasteiger partial charge in [0.1, 0.15) is 0 Å². The highest BCUT2D eigenvalue weighted by Crippen LogP contribution is 2.49. The summed E-state index contributed by atoms with van der Waals surface area (Å²) in [6.45, 7) is 1.11. The molecule has 1 aromatic carbocycles. The molecule has 0 bridgehead atoms. The Morgan fingerprint density at radius 3 is 2.76 bits per heavy atom. The fourth-order valence-corrected chi connectivity index (χ4v) is 3.64. The van der Waals surface area contributed by atoms with Crippen LogP contribution in [0.5, 0.6) is 0 Å². The van der Waals surface area contributed by atoms with Crippen molar-refractivity contribution < 1.29 is 9.53 Å². The molecule has 4 heteroatoms. The SMILES string of the molecule is COC(=O)c1ccnc2ccc(N3CCC34CCC4)cc12. The monoisotopic (exact) mass is 282 g/mol. The smallest absolute Gasteiger partial charge is 0.338 e. The van der Waals surface area contributed by atoms with Gasteiger partial charge in [0.2, 0.25) is 0 Å². The second-order valence-electron chi connectivity index (χ2n) is 6.03. The van der Waals surface area contributed by atoms with Gasteiger partial charge in [-0.1, -0.05) is 0 Å². The highest BCUT2D eigenvalue weighted by atomic mass is 16.5. The van der Waals surface area contributed by atoms with Crippen LogP contribution in [0.1, 0.15) is 36.0 Å². The van der Waals surface area contributed by atoms with E-state index in [1.165, 1.54) is 38.5 Å². The zero-order chi connectivity index (χ0) is 14.4. The summed E-state index contributed by atoms with van der Waals surface area (Å²) in [7, 11) is 1.41. The van der Waals surface area contributed by atoms with Crippen LogP contribution in [-0.4, -0.2) is 30.1 Å². The maximum Gasteiger partial charge on any atom is 0.338 e. The van der Waals surface area contributed by atoms with Gasteiger partial charge < -0.3 is 9.64 Å². The summed E-state index contributed by atoms with van der Waals surface area (Å²) < 4.78 is 4.88. The normalized spacial score (nSPS) is 19.2. The van der Waals surface area contributed by atoms with Gasteiger partial charge in [-0.2, -0.15) is 0 Å². The van der Waals surface area contributed by atoms with Crippen LogP contribution in [0.3, 0.4) is 0 Å². The van der Waals surface area contributed by atoms with E-state index in [1.54, 1.807) is 12.3 Å². The van der Waals surface area contributed by atoms with Crippen molar-refractivity contribution in [3.05, 3.63) is 36.0 Å². The van der Waals surface area contributed by atoms with Crippen LogP contribution < -0.4 is 4.90 Å². The molecule has 4 rings (SSSR count). The van der Waals surface area contributed by atoms with E-state index in [0.717, 1.165) is 17.4 Å². The molecule has 2 heterocycles. The summed E-state index contributed by atoms with van der Waals surface area (Å²) in [4.78, 5) is 18.8. The van der Waals surface area contributed by atoms with Gasteiger partial charge >= 0.3 is 5.97 Å². The van der Waals surface area contributed by atoms with Crippen molar-refractivity contribution in [3.63, 3.8) is 0 Å². The third kappa shape index (κ3) is 1.75. The molecule has 4 nitrogen and oxygen atoms in total. The van der Waals surface area contributed by atoms with Gasteiger partial charge in [-0.25, -0.2) is 4.79 Å². The molecule has 108 valence electrons. The van der Waals surface area contributed by atoms with E-state index in [2.05, 4.69) is 22.0 Å². The van der Waals surface area contributed by atoms with Crippen LogP contribution in [0.2, 0.25) is 0 Å². The fourth-order valence-electron chi connectivity index (χ4n) is 3.64. The first-order valence-corrected chi connectivity index (χ1v) is 7.48. The summed E-state index contributed by atoms with van der Waals surface area (Å²) in [5, 5.41) is 0.878. The minimum Gasteiger partial charge on any atom is -0.465 e. The van der Waals surface area contributed by atoms with Crippen molar-refractivity contribution in [1.29, 1.82) is 0 Å². The molecule has 1 aliphatic heterocycles. The van der Waals surface area contributed by atoms with Gasteiger partial charge in [0.15, 0.2) is 0 Å². The lowest BCUT2D eigenvalue weighted by Crippen LogP contribution is -2.64. The summed E-state index contributed by atoms with van der Waals surface area (Å²) >= 11 is 0. The van der Waals surface area contributed by atoms with E-state index in [9.17, 15) is 4.79 Å². The predicted octanol–water partition coefficient (Wildman–Crippen LogP) is 3.15. The van der Waals surface area contributed by atoms with Crippen LogP contribution in [0, 0.1) is 0 Å². The third-order valence-electron chi connectivity index (χ3n) is 5.10. The lowest BCUT2D eigenvalue weighted by Gasteiger charge is -2.60. The van der Waals surface area contributed by atoms with Crippen molar-refractivity contribution in [3.8, 4) is 0 Å². The molecule has 1 saturated heterocycles. The number of aromatic nitrogens is 1. The molecule has 1 aliphatic carbocycles. The number of fused-ring (bicyclic) bond motifs is 1. The van der Waals surface area contributed by atoms with Gasteiger partial charge in [0.25, 0.3) is 0 Å². The quantitative estimate of drug-likeness (QED) is 0.794. The lowest BCUT2D eigenvalue weighted by atomic mass is 9.67. The number of benzene rings is 1. The van der Waals surface area contributed by atoms with Crippen molar-refractivity contribution >= 4 is 22.6 Å². The van der Waals surface area contributed by atoms with E-state index < -0.39 is 0 Å². The van der Waals surface area contributed by atoms with Crippen LogP contribution in [0.4, 0.5) is 5.69 Å². The number of carbonyl (C=O) groups excluding carboxylic acids is 1. The zero-order valence-electron chi connectivity index (χ0n) is 12.1. The second-order valence-corrected chi connectivity index (χ2v) is 6.03. The highest BCUT2D eigenvalue weighted by molar-refractivity contribution is 6.04. The van der Waals surface area contributed by atoms with E-state index in [4.69, 9.17) is 4.74 Å². The largest absolute Gasteiger partial charge is 0.465 e. The summed E-state index contributed by atoms with van der Waals surface area (Å²) in [6, 6.07) is 7.94. The van der Waals surface area contributed by atoms with Gasteiger partial charge in [-0.15, -0.1) is 0 Å². The van der Waals surface area contributed by atoms with Crippen LogP contribution >= 0.6 is 0 Å². The maximum atomic E-state index is 11.9. The lowest BCUT2D eigenvalue weighted by molar-refractivity contribution is 0.0603. The Hall–Kier alpha value is -2.10. The molecule has 0 atom stereocenters. The number of anilines is 1. The Bertz CT molecular complexity index is 716. The number of methoxy groups -OCH3 is 1. The number of hydrogen-bond donors (Lipinski definition) is 0. The van der Waals surface area contributed by atoms with Gasteiger partial charge in [-0.05, 0) is 49.9 Å². The molecule has 2 aliphatic rings. The van der Waals surface area contributed by atoms with E-state index in [-0.39, 0.29) is 5.97 Å². The van der Waals surface area contributed by atoms with Gasteiger partial charge in [-0.3, -0.25) is 4.98 Å². The summed E-state index contributed by atoms with van der Waals surface area (Å²) in [5.74, 6) is -0.304. The van der Waals surface area contributed by atoms with Crippen molar-refractivity contribution in [2.45, 2.75) is 31.2 Å². The molecule has 1 aromatic heterocycles. The number of rotatable bonds is 2. The fraction of sp³-hybridized carbons (Fsp3) is 0.412. The third-order valence-corrected chi connectivity index (χ3v) is 5.10. The predicted molar refractivity (Wildman–Crippen MR) is 81.6 cm³/mol. The van der Waals surface area contributed by atoms with Crippen LogP contribution in [0.15, 0.2) is 30.5 Å².